The Labute approximate surface area is 209 Å². The van der Waals surface area contributed by atoms with E-state index in [0.717, 1.165) is 59.7 Å². The van der Waals surface area contributed by atoms with Crippen LogP contribution in [0.3, 0.4) is 0 Å². The number of ether oxygens (including phenoxy) is 1. The maximum absolute atomic E-state index is 15.0. The normalized spacial score (nSPS) is 15.8. The third kappa shape index (κ3) is 4.46. The first kappa shape index (κ1) is 24.0. The molecule has 1 aliphatic heterocycles. The summed E-state index contributed by atoms with van der Waals surface area (Å²) < 4.78 is 22.1. The number of nitrogens with zero attached hydrogens (tertiary/aromatic N) is 6. The van der Waals surface area contributed by atoms with Crippen molar-refractivity contribution in [2.75, 3.05) is 31.6 Å². The van der Waals surface area contributed by atoms with E-state index < -0.39 is 5.82 Å². The Balaban J connectivity index is 1.43. The van der Waals surface area contributed by atoms with Gasteiger partial charge in [-0.05, 0) is 64.1 Å². The smallest absolute Gasteiger partial charge is 0.179 e. The van der Waals surface area contributed by atoms with E-state index in [1.54, 1.807) is 28.9 Å². The van der Waals surface area contributed by atoms with Gasteiger partial charge in [0.1, 0.15) is 22.7 Å². The van der Waals surface area contributed by atoms with E-state index in [0.29, 0.717) is 24.1 Å². The lowest BCUT2D eigenvalue weighted by Crippen LogP contribution is -2.34. The molecule has 2 aromatic carbocycles. The van der Waals surface area contributed by atoms with E-state index in [1.807, 2.05) is 32.9 Å². The molecule has 1 N–H and O–H groups in total. The quantitative estimate of drug-likeness (QED) is 0.412. The second kappa shape index (κ2) is 9.73. The first-order valence-electron chi connectivity index (χ1n) is 12.2. The van der Waals surface area contributed by atoms with Crippen LogP contribution in [0.5, 0.6) is 11.5 Å². The fraction of sp³-hybridized carbons (Fsp3) is 0.370. The molecule has 9 heteroatoms. The molecule has 8 nitrogen and oxygen atoms in total. The maximum Gasteiger partial charge on any atom is 0.179 e. The van der Waals surface area contributed by atoms with E-state index in [1.165, 1.54) is 6.07 Å². The van der Waals surface area contributed by atoms with Crippen molar-refractivity contribution in [1.82, 2.24) is 24.9 Å². The Bertz CT molecular complexity index is 1400. The van der Waals surface area contributed by atoms with Crippen LogP contribution in [0.1, 0.15) is 30.3 Å². The van der Waals surface area contributed by atoms with Crippen molar-refractivity contribution in [3.8, 4) is 17.2 Å². The van der Waals surface area contributed by atoms with Gasteiger partial charge in [0.15, 0.2) is 11.6 Å². The number of anilines is 1. The molecule has 0 amide bonds. The number of fused-ring (bicyclic) bond motifs is 1. The van der Waals surface area contributed by atoms with Gasteiger partial charge in [0, 0.05) is 31.7 Å². The fourth-order valence-corrected chi connectivity index (χ4v) is 5.04. The highest BCUT2D eigenvalue weighted by Crippen LogP contribution is 2.32. The zero-order chi connectivity index (χ0) is 25.4. The highest BCUT2D eigenvalue weighted by molar-refractivity contribution is 5.92. The fourth-order valence-electron chi connectivity index (χ4n) is 5.04. The van der Waals surface area contributed by atoms with Crippen LogP contribution in [0, 0.1) is 19.7 Å². The molecule has 1 fully saturated rings. The Kier molecular flexibility index (Phi) is 6.49. The van der Waals surface area contributed by atoms with Gasteiger partial charge in [-0.3, -0.25) is 4.90 Å². The molecule has 188 valence electrons. The number of halogens is 1. The molecule has 1 saturated heterocycles. The molecule has 4 aromatic rings. The third-order valence-corrected chi connectivity index (χ3v) is 6.87. The summed E-state index contributed by atoms with van der Waals surface area (Å²) in [5.41, 5.74) is 3.74. The van der Waals surface area contributed by atoms with Crippen LogP contribution in [-0.2, 0) is 6.54 Å². The number of rotatable bonds is 7. The zero-order valence-electron chi connectivity index (χ0n) is 21.1. The van der Waals surface area contributed by atoms with E-state index in [2.05, 4.69) is 27.0 Å². The number of aromatic nitrogens is 4. The lowest BCUT2D eigenvalue weighted by atomic mass is 10.1. The van der Waals surface area contributed by atoms with Gasteiger partial charge in [-0.1, -0.05) is 12.1 Å². The lowest BCUT2D eigenvalue weighted by molar-refractivity contribution is 0.250. The zero-order valence-corrected chi connectivity index (χ0v) is 21.1. The summed E-state index contributed by atoms with van der Waals surface area (Å²) in [7, 11) is 2.10. The van der Waals surface area contributed by atoms with Crippen LogP contribution in [0.4, 0.5) is 10.2 Å². The molecule has 0 bridgehead atoms. The van der Waals surface area contributed by atoms with Crippen molar-refractivity contribution in [2.45, 2.75) is 39.8 Å². The highest BCUT2D eigenvalue weighted by Gasteiger charge is 2.30. The van der Waals surface area contributed by atoms with Gasteiger partial charge in [-0.2, -0.15) is 10.2 Å². The molecular weight excluding hydrogens is 459 g/mol. The number of likely N-dealkylation sites (N-methyl/N-ethyl adjacent to an activating group) is 1. The molecule has 0 spiro atoms. The van der Waals surface area contributed by atoms with Crippen LogP contribution in [0.15, 0.2) is 42.5 Å². The van der Waals surface area contributed by atoms with Gasteiger partial charge in [-0.15, -0.1) is 5.10 Å². The summed E-state index contributed by atoms with van der Waals surface area (Å²) in [5, 5.41) is 24.5. The van der Waals surface area contributed by atoms with E-state index in [4.69, 9.17) is 9.84 Å². The Morgan fingerprint density at radius 2 is 2.00 bits per heavy atom. The highest BCUT2D eigenvalue weighted by atomic mass is 19.1. The second-order valence-corrected chi connectivity index (χ2v) is 9.35. The lowest BCUT2D eigenvalue weighted by Gasteiger charge is -2.25. The predicted molar refractivity (Wildman–Crippen MR) is 137 cm³/mol. The summed E-state index contributed by atoms with van der Waals surface area (Å²) in [5.74, 6) is 1.09. The average molecular weight is 491 g/mol. The van der Waals surface area contributed by atoms with Crippen LogP contribution in [0.25, 0.3) is 16.6 Å². The molecule has 36 heavy (non-hydrogen) atoms. The molecule has 0 radical (unpaired) electrons. The molecule has 2 aromatic heterocycles. The van der Waals surface area contributed by atoms with Crippen LogP contribution in [0.2, 0.25) is 0 Å². The molecular formula is C27H31FN6O2. The van der Waals surface area contributed by atoms with Gasteiger partial charge in [0.05, 0.1) is 23.4 Å². The van der Waals surface area contributed by atoms with Gasteiger partial charge in [-0.25, -0.2) is 9.07 Å². The molecule has 1 atom stereocenters. The molecule has 3 heterocycles. The van der Waals surface area contributed by atoms with Crippen LogP contribution in [-0.4, -0.2) is 62.8 Å². The molecule has 5 rings (SSSR count). The Morgan fingerprint density at radius 1 is 1.17 bits per heavy atom. The third-order valence-electron chi connectivity index (χ3n) is 6.87. The predicted octanol–water partition coefficient (Wildman–Crippen LogP) is 4.39. The molecule has 0 saturated carbocycles. The first-order chi connectivity index (χ1) is 17.4. The number of phenolic OH excluding ortho intramolecular Hbond substituents is 1. The summed E-state index contributed by atoms with van der Waals surface area (Å²) in [4.78, 5) is 4.51. The average Bonchev–Trinajstić information content (AvgIpc) is 3.46. The first-order valence-corrected chi connectivity index (χ1v) is 12.2. The topological polar surface area (TPSA) is 79.5 Å². The van der Waals surface area contributed by atoms with Crippen molar-refractivity contribution >= 4 is 16.7 Å². The van der Waals surface area contributed by atoms with E-state index in [9.17, 15) is 5.11 Å². The van der Waals surface area contributed by atoms with E-state index >= 15 is 4.39 Å². The number of benzene rings is 2. The Hall–Kier alpha value is -3.72. The van der Waals surface area contributed by atoms with Crippen molar-refractivity contribution in [2.24, 2.45) is 0 Å². The number of phenols is 1. The summed E-state index contributed by atoms with van der Waals surface area (Å²) in [6.45, 7) is 8.53. The van der Waals surface area contributed by atoms with Crippen molar-refractivity contribution in [3.05, 3.63) is 65.2 Å². The van der Waals surface area contributed by atoms with E-state index in [-0.39, 0.29) is 5.75 Å². The number of hydrogen-bond acceptors (Lipinski definition) is 7. The second-order valence-electron chi connectivity index (χ2n) is 9.35. The Morgan fingerprint density at radius 3 is 2.75 bits per heavy atom. The van der Waals surface area contributed by atoms with Gasteiger partial charge < -0.3 is 14.7 Å². The monoisotopic (exact) mass is 490 g/mol. The summed E-state index contributed by atoms with van der Waals surface area (Å²) in [6, 6.07) is 12.5. The van der Waals surface area contributed by atoms with Crippen molar-refractivity contribution < 1.29 is 14.2 Å². The minimum Gasteiger partial charge on any atom is -0.508 e. The van der Waals surface area contributed by atoms with Gasteiger partial charge in [0.2, 0.25) is 0 Å². The van der Waals surface area contributed by atoms with Gasteiger partial charge in [0.25, 0.3) is 0 Å². The maximum atomic E-state index is 15.0. The molecule has 1 aliphatic rings. The SMILES string of the molecule is CCOc1ccc(-n2nc3c(N4CCC(N(C)Cc5cccc(O)c5)C4)nnc(C)c3c2C)c(F)c1. The van der Waals surface area contributed by atoms with Crippen LogP contribution >= 0.6 is 0 Å². The molecule has 1 unspecified atom stereocenters. The number of hydrogen-bond donors (Lipinski definition) is 1. The number of aromatic hydroxyl groups is 1. The van der Waals surface area contributed by atoms with Crippen molar-refractivity contribution in [3.63, 3.8) is 0 Å². The summed E-state index contributed by atoms with van der Waals surface area (Å²) >= 11 is 0. The molecule has 0 aliphatic carbocycles. The van der Waals surface area contributed by atoms with Crippen LogP contribution < -0.4 is 9.64 Å². The summed E-state index contributed by atoms with van der Waals surface area (Å²) in [6.07, 6.45) is 0.972. The number of aryl methyl sites for hydroxylation is 2. The largest absolute Gasteiger partial charge is 0.508 e. The standard InChI is InChI=1S/C27H31FN6O2/c1-5-36-22-9-10-24(23(28)14-22)34-18(3)25-17(2)29-30-27(26(25)31-34)33-12-11-20(16-33)32(4)15-19-7-6-8-21(35)13-19/h6-10,13-14,20,35H,5,11-12,15-16H2,1-4H3. The minimum absolute atomic E-state index is 0.279. The van der Waals surface area contributed by atoms with Crippen molar-refractivity contribution in [1.29, 1.82) is 0 Å². The minimum atomic E-state index is -0.396. The van der Waals surface area contributed by atoms with Gasteiger partial charge >= 0.3 is 0 Å².